The van der Waals surface area contributed by atoms with E-state index in [1.54, 1.807) is 0 Å². The lowest BCUT2D eigenvalue weighted by atomic mass is 10.0. The van der Waals surface area contributed by atoms with Gasteiger partial charge in [0.15, 0.2) is 0 Å². The maximum Gasteiger partial charge on any atom is 0.243 e. The van der Waals surface area contributed by atoms with Crippen LogP contribution in [0.1, 0.15) is 12.8 Å². The first kappa shape index (κ1) is 11.0. The van der Waals surface area contributed by atoms with Crippen LogP contribution in [0.25, 0.3) is 0 Å². The quantitative estimate of drug-likeness (QED) is 0.793. The van der Waals surface area contributed by atoms with Crippen molar-refractivity contribution in [3.63, 3.8) is 0 Å². The SMILES string of the molecule is O=C1NN(c2ccccc2)CC1CCCO. The third-order valence-corrected chi connectivity index (χ3v) is 2.80. The molecule has 16 heavy (non-hydrogen) atoms. The largest absolute Gasteiger partial charge is 0.396 e. The zero-order valence-electron chi connectivity index (χ0n) is 9.10. The Bertz CT molecular complexity index is 353. The predicted molar refractivity (Wildman–Crippen MR) is 61.7 cm³/mol. The minimum absolute atomic E-state index is 0.00708. The average Bonchev–Trinajstić information content (AvgIpc) is 2.69. The second kappa shape index (κ2) is 4.99. The van der Waals surface area contributed by atoms with Gasteiger partial charge in [0.05, 0.1) is 18.2 Å². The smallest absolute Gasteiger partial charge is 0.243 e. The summed E-state index contributed by atoms with van der Waals surface area (Å²) < 4.78 is 0. The number of para-hydroxylation sites is 1. The lowest BCUT2D eigenvalue weighted by Gasteiger charge is -2.17. The van der Waals surface area contributed by atoms with E-state index in [2.05, 4.69) is 5.43 Å². The second-order valence-electron chi connectivity index (χ2n) is 3.98. The Hall–Kier alpha value is -1.55. The Morgan fingerprint density at radius 1 is 1.38 bits per heavy atom. The van der Waals surface area contributed by atoms with Gasteiger partial charge in [-0.05, 0) is 25.0 Å². The molecule has 0 aromatic heterocycles. The Morgan fingerprint density at radius 3 is 2.81 bits per heavy atom. The normalized spacial score (nSPS) is 19.9. The summed E-state index contributed by atoms with van der Waals surface area (Å²) >= 11 is 0. The van der Waals surface area contributed by atoms with Crippen LogP contribution < -0.4 is 10.4 Å². The van der Waals surface area contributed by atoms with Crippen LogP contribution in [0, 0.1) is 5.92 Å². The molecular weight excluding hydrogens is 204 g/mol. The first-order chi connectivity index (χ1) is 7.81. The van der Waals surface area contributed by atoms with Crippen LogP contribution in [0.4, 0.5) is 5.69 Å². The zero-order valence-corrected chi connectivity index (χ0v) is 9.10. The molecule has 1 amide bonds. The molecule has 0 saturated carbocycles. The van der Waals surface area contributed by atoms with Crippen molar-refractivity contribution in [3.8, 4) is 0 Å². The monoisotopic (exact) mass is 220 g/mol. The molecule has 0 aliphatic carbocycles. The van der Waals surface area contributed by atoms with Gasteiger partial charge in [0, 0.05) is 6.61 Å². The van der Waals surface area contributed by atoms with Gasteiger partial charge >= 0.3 is 0 Å². The molecule has 2 N–H and O–H groups in total. The molecule has 1 aromatic carbocycles. The van der Waals surface area contributed by atoms with Gasteiger partial charge in [-0.3, -0.25) is 15.2 Å². The van der Waals surface area contributed by atoms with Crippen molar-refractivity contribution in [2.45, 2.75) is 12.8 Å². The maximum atomic E-state index is 11.6. The van der Waals surface area contributed by atoms with E-state index in [-0.39, 0.29) is 18.4 Å². The highest BCUT2D eigenvalue weighted by Gasteiger charge is 2.29. The number of aliphatic hydroxyl groups excluding tert-OH is 1. The van der Waals surface area contributed by atoms with Crippen LogP contribution >= 0.6 is 0 Å². The number of carbonyl (C=O) groups excluding carboxylic acids is 1. The van der Waals surface area contributed by atoms with Crippen LogP contribution in [0.2, 0.25) is 0 Å². The van der Waals surface area contributed by atoms with Gasteiger partial charge in [0.2, 0.25) is 5.91 Å². The number of hydrazine groups is 1. The molecule has 0 radical (unpaired) electrons. The van der Waals surface area contributed by atoms with E-state index >= 15 is 0 Å². The van der Waals surface area contributed by atoms with E-state index < -0.39 is 0 Å². The van der Waals surface area contributed by atoms with Crippen molar-refractivity contribution in [2.75, 3.05) is 18.2 Å². The number of hydrogen-bond acceptors (Lipinski definition) is 3. The van der Waals surface area contributed by atoms with E-state index in [1.165, 1.54) is 0 Å². The van der Waals surface area contributed by atoms with Gasteiger partial charge in [-0.15, -0.1) is 0 Å². The zero-order chi connectivity index (χ0) is 11.4. The first-order valence-electron chi connectivity index (χ1n) is 5.55. The fraction of sp³-hybridized carbons (Fsp3) is 0.417. The van der Waals surface area contributed by atoms with Crippen molar-refractivity contribution >= 4 is 11.6 Å². The van der Waals surface area contributed by atoms with Crippen molar-refractivity contribution < 1.29 is 9.90 Å². The number of rotatable bonds is 4. The van der Waals surface area contributed by atoms with Gasteiger partial charge in [0.1, 0.15) is 0 Å². The molecule has 1 heterocycles. The van der Waals surface area contributed by atoms with Crippen LogP contribution in [0.3, 0.4) is 0 Å². The third kappa shape index (κ3) is 2.33. The van der Waals surface area contributed by atoms with E-state index in [4.69, 9.17) is 5.11 Å². The number of hydrogen-bond donors (Lipinski definition) is 2. The summed E-state index contributed by atoms with van der Waals surface area (Å²) in [7, 11) is 0. The lowest BCUT2D eigenvalue weighted by Crippen LogP contribution is -2.32. The molecule has 4 nitrogen and oxygen atoms in total. The van der Waals surface area contributed by atoms with E-state index in [9.17, 15) is 4.79 Å². The molecule has 2 rings (SSSR count). The van der Waals surface area contributed by atoms with Gasteiger partial charge in [-0.2, -0.15) is 0 Å². The Kier molecular flexibility index (Phi) is 3.41. The minimum Gasteiger partial charge on any atom is -0.396 e. The number of nitrogens with one attached hydrogen (secondary N) is 1. The number of amides is 1. The maximum absolute atomic E-state index is 11.6. The van der Waals surface area contributed by atoms with Crippen LogP contribution in [0.5, 0.6) is 0 Å². The summed E-state index contributed by atoms with van der Waals surface area (Å²) in [4.78, 5) is 11.6. The van der Waals surface area contributed by atoms with Crippen LogP contribution in [-0.2, 0) is 4.79 Å². The Labute approximate surface area is 94.9 Å². The number of carbonyl (C=O) groups is 1. The number of benzene rings is 1. The average molecular weight is 220 g/mol. The number of aliphatic hydroxyl groups is 1. The van der Waals surface area contributed by atoms with Crippen molar-refractivity contribution in [1.29, 1.82) is 0 Å². The third-order valence-electron chi connectivity index (χ3n) is 2.80. The first-order valence-corrected chi connectivity index (χ1v) is 5.55. The molecule has 1 atom stereocenters. The second-order valence-corrected chi connectivity index (χ2v) is 3.98. The predicted octanol–water partition coefficient (Wildman–Crippen LogP) is 0.926. The van der Waals surface area contributed by atoms with E-state index in [0.717, 1.165) is 12.1 Å². The van der Waals surface area contributed by atoms with Gasteiger partial charge in [-0.25, -0.2) is 0 Å². The number of anilines is 1. The Balaban J connectivity index is 1.98. The molecular formula is C12H16N2O2. The highest BCUT2D eigenvalue weighted by atomic mass is 16.3. The van der Waals surface area contributed by atoms with Gasteiger partial charge in [0.25, 0.3) is 0 Å². The summed E-state index contributed by atoms with van der Waals surface area (Å²) in [5.74, 6) is 0.0460. The summed E-state index contributed by atoms with van der Waals surface area (Å²) in [5, 5.41) is 10.6. The van der Waals surface area contributed by atoms with Gasteiger partial charge < -0.3 is 5.11 Å². The molecule has 0 bridgehead atoms. The minimum atomic E-state index is -0.00708. The highest BCUT2D eigenvalue weighted by Crippen LogP contribution is 2.20. The topological polar surface area (TPSA) is 52.6 Å². The highest BCUT2D eigenvalue weighted by molar-refractivity contribution is 5.84. The lowest BCUT2D eigenvalue weighted by molar-refractivity contribution is -0.122. The summed E-state index contributed by atoms with van der Waals surface area (Å²) in [6, 6.07) is 9.78. The van der Waals surface area contributed by atoms with E-state index in [0.29, 0.717) is 13.0 Å². The molecule has 86 valence electrons. The van der Waals surface area contributed by atoms with Crippen molar-refractivity contribution in [3.05, 3.63) is 30.3 Å². The summed E-state index contributed by atoms with van der Waals surface area (Å²) in [6.45, 7) is 0.831. The molecule has 1 aliphatic heterocycles. The molecule has 1 aromatic rings. The molecule has 1 saturated heterocycles. The van der Waals surface area contributed by atoms with Crippen molar-refractivity contribution in [1.82, 2.24) is 5.43 Å². The van der Waals surface area contributed by atoms with Crippen LogP contribution in [-0.4, -0.2) is 24.2 Å². The summed E-state index contributed by atoms with van der Waals surface area (Å²) in [5.41, 5.74) is 3.84. The van der Waals surface area contributed by atoms with Crippen LogP contribution in [0.15, 0.2) is 30.3 Å². The van der Waals surface area contributed by atoms with Gasteiger partial charge in [-0.1, -0.05) is 18.2 Å². The summed E-state index contributed by atoms with van der Waals surface area (Å²) in [6.07, 6.45) is 1.42. The van der Waals surface area contributed by atoms with E-state index in [1.807, 2.05) is 35.3 Å². The number of nitrogens with zero attached hydrogens (tertiary/aromatic N) is 1. The molecule has 0 spiro atoms. The molecule has 1 unspecified atom stereocenters. The fourth-order valence-electron chi connectivity index (χ4n) is 1.91. The molecule has 1 fully saturated rings. The Morgan fingerprint density at radius 2 is 2.12 bits per heavy atom. The van der Waals surface area contributed by atoms with Crippen molar-refractivity contribution in [2.24, 2.45) is 5.92 Å². The molecule has 1 aliphatic rings. The fourth-order valence-corrected chi connectivity index (χ4v) is 1.91. The standard InChI is InChI=1S/C12H16N2O2/c15-8-4-5-10-9-14(13-12(10)16)11-6-2-1-3-7-11/h1-3,6-7,10,15H,4-5,8-9H2,(H,13,16). The molecule has 4 heteroatoms.